The second kappa shape index (κ2) is 7.02. The minimum Gasteiger partial charge on any atom is -0.384 e. The second-order valence-corrected chi connectivity index (χ2v) is 3.91. The molecule has 0 aliphatic heterocycles. The predicted molar refractivity (Wildman–Crippen MR) is 74.8 cm³/mol. The molecule has 20 heavy (non-hydrogen) atoms. The third-order valence-corrected chi connectivity index (χ3v) is 2.38. The number of nitrogens with one attached hydrogen (secondary N) is 1. The average Bonchev–Trinajstić information content (AvgIpc) is 2.46. The van der Waals surface area contributed by atoms with Crippen molar-refractivity contribution >= 4 is 11.7 Å². The van der Waals surface area contributed by atoms with Gasteiger partial charge in [0.05, 0.1) is 6.42 Å². The smallest absolute Gasteiger partial charge is 0.231 e. The number of anilines is 1. The van der Waals surface area contributed by atoms with Crippen LogP contribution in [0.2, 0.25) is 0 Å². The lowest BCUT2D eigenvalue weighted by Gasteiger charge is -2.04. The van der Waals surface area contributed by atoms with E-state index in [2.05, 4.69) is 27.1 Å². The molecule has 0 saturated carbocycles. The molecule has 5 heteroatoms. The van der Waals surface area contributed by atoms with Crippen molar-refractivity contribution in [2.75, 3.05) is 11.9 Å². The molecule has 0 atom stereocenters. The maximum Gasteiger partial charge on any atom is 0.231 e. The van der Waals surface area contributed by atoms with Crippen molar-refractivity contribution in [1.29, 1.82) is 0 Å². The number of aliphatic hydroxyl groups excluding tert-OH is 1. The van der Waals surface area contributed by atoms with Gasteiger partial charge in [-0.25, -0.2) is 4.98 Å². The zero-order valence-electron chi connectivity index (χ0n) is 10.7. The van der Waals surface area contributed by atoms with Crippen LogP contribution in [0, 0.1) is 11.8 Å². The Morgan fingerprint density at radius 3 is 2.90 bits per heavy atom. The molecule has 2 rings (SSSR count). The van der Waals surface area contributed by atoms with Crippen LogP contribution in [0.3, 0.4) is 0 Å². The number of hydrogen-bond donors (Lipinski definition) is 2. The standard InChI is InChI=1S/C15H13N3O2/c19-10-4-7-12-6-3-8-14(17-12)18-15(20)11-13-5-1-2-9-16-13/h1-3,5-6,8-9,19H,10-11H2,(H,17,18,20). The van der Waals surface area contributed by atoms with Gasteiger partial charge in [0.15, 0.2) is 0 Å². The lowest BCUT2D eigenvalue weighted by molar-refractivity contribution is -0.115. The Balaban J connectivity index is 2.01. The topological polar surface area (TPSA) is 75.1 Å². The van der Waals surface area contributed by atoms with Gasteiger partial charge < -0.3 is 10.4 Å². The van der Waals surface area contributed by atoms with Crippen molar-refractivity contribution in [3.63, 3.8) is 0 Å². The Morgan fingerprint density at radius 1 is 1.25 bits per heavy atom. The summed E-state index contributed by atoms with van der Waals surface area (Å²) in [5, 5.41) is 11.3. The summed E-state index contributed by atoms with van der Waals surface area (Å²) >= 11 is 0. The molecule has 0 radical (unpaired) electrons. The largest absolute Gasteiger partial charge is 0.384 e. The number of amides is 1. The molecule has 1 amide bonds. The van der Waals surface area contributed by atoms with E-state index in [1.807, 2.05) is 6.07 Å². The maximum absolute atomic E-state index is 11.8. The number of pyridine rings is 2. The van der Waals surface area contributed by atoms with Gasteiger partial charge in [0.25, 0.3) is 0 Å². The molecule has 5 nitrogen and oxygen atoms in total. The van der Waals surface area contributed by atoms with Crippen molar-refractivity contribution in [1.82, 2.24) is 9.97 Å². The van der Waals surface area contributed by atoms with Gasteiger partial charge in [0.1, 0.15) is 18.1 Å². The average molecular weight is 267 g/mol. The Labute approximate surface area is 116 Å². The predicted octanol–water partition coefficient (Wildman–Crippen LogP) is 1.00. The SMILES string of the molecule is O=C(Cc1ccccn1)Nc1cccc(C#CCO)n1. The lowest BCUT2D eigenvalue weighted by atomic mass is 10.2. The number of carbonyl (C=O) groups is 1. The van der Waals surface area contributed by atoms with Crippen LogP contribution in [0.5, 0.6) is 0 Å². The number of aliphatic hydroxyl groups is 1. The highest BCUT2D eigenvalue weighted by molar-refractivity contribution is 5.91. The molecule has 0 aliphatic carbocycles. The molecule has 0 bridgehead atoms. The van der Waals surface area contributed by atoms with Gasteiger partial charge in [-0.2, -0.15) is 0 Å². The van der Waals surface area contributed by atoms with Gasteiger partial charge >= 0.3 is 0 Å². The first-order valence-electron chi connectivity index (χ1n) is 6.04. The van der Waals surface area contributed by atoms with Crippen molar-refractivity contribution in [3.05, 3.63) is 54.0 Å². The zero-order valence-corrected chi connectivity index (χ0v) is 10.7. The second-order valence-electron chi connectivity index (χ2n) is 3.91. The molecule has 2 heterocycles. The van der Waals surface area contributed by atoms with Crippen molar-refractivity contribution in [2.24, 2.45) is 0 Å². The van der Waals surface area contributed by atoms with Crippen LogP contribution in [0.15, 0.2) is 42.6 Å². The monoisotopic (exact) mass is 267 g/mol. The number of nitrogens with zero attached hydrogens (tertiary/aromatic N) is 2. The molecule has 2 aromatic rings. The molecule has 2 N–H and O–H groups in total. The van der Waals surface area contributed by atoms with Gasteiger partial charge in [-0.15, -0.1) is 0 Å². The quantitative estimate of drug-likeness (QED) is 0.814. The third kappa shape index (κ3) is 4.19. The Kier molecular flexibility index (Phi) is 4.81. The van der Waals surface area contributed by atoms with Gasteiger partial charge in [-0.3, -0.25) is 9.78 Å². The fourth-order valence-corrected chi connectivity index (χ4v) is 1.56. The van der Waals surface area contributed by atoms with Crippen LogP contribution in [-0.2, 0) is 11.2 Å². The van der Waals surface area contributed by atoms with Crippen LogP contribution >= 0.6 is 0 Å². The maximum atomic E-state index is 11.8. The fraction of sp³-hybridized carbons (Fsp3) is 0.133. The van der Waals surface area contributed by atoms with E-state index in [-0.39, 0.29) is 18.9 Å². The molecule has 0 fully saturated rings. The van der Waals surface area contributed by atoms with E-state index < -0.39 is 0 Å². The van der Waals surface area contributed by atoms with E-state index >= 15 is 0 Å². The van der Waals surface area contributed by atoms with E-state index in [9.17, 15) is 4.79 Å². The molecule has 0 saturated heterocycles. The van der Waals surface area contributed by atoms with Gasteiger partial charge in [-0.1, -0.05) is 18.1 Å². The normalized spacial score (nSPS) is 9.45. The minimum atomic E-state index is -0.224. The zero-order chi connectivity index (χ0) is 14.2. The van der Waals surface area contributed by atoms with Gasteiger partial charge in [-0.05, 0) is 30.2 Å². The summed E-state index contributed by atoms with van der Waals surface area (Å²) in [4.78, 5) is 20.1. The number of carbonyl (C=O) groups excluding carboxylic acids is 1. The highest BCUT2D eigenvalue weighted by Gasteiger charge is 2.05. The van der Waals surface area contributed by atoms with Gasteiger partial charge in [0.2, 0.25) is 5.91 Å². The first kappa shape index (κ1) is 13.7. The first-order valence-corrected chi connectivity index (χ1v) is 6.04. The van der Waals surface area contributed by atoms with Crippen molar-refractivity contribution < 1.29 is 9.90 Å². The van der Waals surface area contributed by atoms with Crippen molar-refractivity contribution in [3.8, 4) is 11.8 Å². The highest BCUT2D eigenvalue weighted by atomic mass is 16.2. The molecular formula is C15H13N3O2. The number of hydrogen-bond acceptors (Lipinski definition) is 4. The van der Waals surface area contributed by atoms with Crippen LogP contribution in [-0.4, -0.2) is 27.6 Å². The lowest BCUT2D eigenvalue weighted by Crippen LogP contribution is -2.16. The Bertz CT molecular complexity index is 645. The number of rotatable bonds is 3. The van der Waals surface area contributed by atoms with Crippen LogP contribution in [0.4, 0.5) is 5.82 Å². The minimum absolute atomic E-state index is 0.190. The Hall–Kier alpha value is -2.71. The van der Waals surface area contributed by atoms with Crippen LogP contribution in [0.1, 0.15) is 11.4 Å². The van der Waals surface area contributed by atoms with Crippen LogP contribution in [0.25, 0.3) is 0 Å². The van der Waals surface area contributed by atoms with E-state index in [0.29, 0.717) is 17.2 Å². The van der Waals surface area contributed by atoms with E-state index in [1.165, 1.54) is 0 Å². The van der Waals surface area contributed by atoms with Crippen LogP contribution < -0.4 is 5.32 Å². The van der Waals surface area contributed by atoms with Crippen molar-refractivity contribution in [2.45, 2.75) is 6.42 Å². The fourth-order valence-electron chi connectivity index (χ4n) is 1.56. The summed E-state index contributed by atoms with van der Waals surface area (Å²) in [7, 11) is 0. The third-order valence-electron chi connectivity index (χ3n) is 2.38. The summed E-state index contributed by atoms with van der Waals surface area (Å²) in [5.74, 6) is 5.42. The summed E-state index contributed by atoms with van der Waals surface area (Å²) in [6.45, 7) is -0.224. The van der Waals surface area contributed by atoms with E-state index in [4.69, 9.17) is 5.11 Å². The molecule has 100 valence electrons. The number of aromatic nitrogens is 2. The summed E-state index contributed by atoms with van der Waals surface area (Å²) in [6.07, 6.45) is 1.83. The first-order chi connectivity index (χ1) is 9.78. The van der Waals surface area contributed by atoms with E-state index in [0.717, 1.165) is 0 Å². The Morgan fingerprint density at radius 2 is 2.15 bits per heavy atom. The van der Waals surface area contributed by atoms with Gasteiger partial charge in [0, 0.05) is 11.9 Å². The molecule has 0 aliphatic rings. The molecular weight excluding hydrogens is 254 g/mol. The summed E-state index contributed by atoms with van der Waals surface area (Å²) in [6, 6.07) is 10.5. The molecule has 0 aromatic carbocycles. The molecule has 0 unspecified atom stereocenters. The summed E-state index contributed by atoms with van der Waals surface area (Å²) in [5.41, 5.74) is 1.19. The highest BCUT2D eigenvalue weighted by Crippen LogP contribution is 2.05. The summed E-state index contributed by atoms with van der Waals surface area (Å²) < 4.78 is 0. The molecule has 2 aromatic heterocycles. The van der Waals surface area contributed by atoms with E-state index in [1.54, 1.807) is 36.5 Å². The molecule has 0 spiro atoms.